The molecule has 2 aliphatic rings. The summed E-state index contributed by atoms with van der Waals surface area (Å²) in [4.78, 5) is 21.9. The largest absolute Gasteiger partial charge is 0.485 e. The summed E-state index contributed by atoms with van der Waals surface area (Å²) in [6.45, 7) is 7.36. The van der Waals surface area contributed by atoms with Gasteiger partial charge in [0.2, 0.25) is 6.10 Å². The van der Waals surface area contributed by atoms with Crippen molar-refractivity contribution < 1.29 is 14.3 Å². The Morgan fingerprint density at radius 1 is 1.10 bits per heavy atom. The number of aromatic nitrogens is 1. The molecule has 1 saturated heterocycles. The van der Waals surface area contributed by atoms with Crippen LogP contribution in [0.1, 0.15) is 11.1 Å². The second kappa shape index (κ2) is 7.22. The van der Waals surface area contributed by atoms with Gasteiger partial charge in [0.05, 0.1) is 10.2 Å². The van der Waals surface area contributed by atoms with Crippen LogP contribution in [-0.2, 0) is 4.79 Å². The number of hydrogen-bond donors (Lipinski definition) is 0. The summed E-state index contributed by atoms with van der Waals surface area (Å²) in [6.07, 6.45) is -0.579. The molecule has 0 radical (unpaired) electrons. The average molecular weight is 410 g/mol. The van der Waals surface area contributed by atoms with Gasteiger partial charge in [0.15, 0.2) is 16.6 Å². The van der Waals surface area contributed by atoms with E-state index in [1.807, 2.05) is 29.2 Å². The number of hydrogen-bond acceptors (Lipinski definition) is 6. The number of piperazine rings is 1. The number of anilines is 1. The molecule has 0 N–H and O–H groups in total. The van der Waals surface area contributed by atoms with Crippen molar-refractivity contribution in [1.82, 2.24) is 9.88 Å². The summed E-state index contributed by atoms with van der Waals surface area (Å²) < 4.78 is 12.8. The van der Waals surface area contributed by atoms with Crippen molar-refractivity contribution in [2.75, 3.05) is 37.7 Å². The van der Waals surface area contributed by atoms with Crippen molar-refractivity contribution in [3.63, 3.8) is 0 Å². The average Bonchev–Trinajstić information content (AvgIpc) is 3.17. The van der Waals surface area contributed by atoms with Gasteiger partial charge in [-0.1, -0.05) is 29.5 Å². The fourth-order valence-corrected chi connectivity index (χ4v) is 5.03. The molecule has 29 heavy (non-hydrogen) atoms. The maximum atomic E-state index is 12.9. The Hall–Kier alpha value is -2.80. The third kappa shape index (κ3) is 3.40. The monoisotopic (exact) mass is 409 g/mol. The number of carbonyl (C=O) groups excluding carboxylic acids is 1. The van der Waals surface area contributed by atoms with E-state index in [1.54, 1.807) is 11.3 Å². The third-order valence-corrected chi connectivity index (χ3v) is 6.72. The molecule has 2 aromatic carbocycles. The number of thiazole rings is 1. The zero-order valence-corrected chi connectivity index (χ0v) is 17.4. The lowest BCUT2D eigenvalue weighted by atomic mass is 10.1. The topological polar surface area (TPSA) is 54.9 Å². The van der Waals surface area contributed by atoms with Crippen molar-refractivity contribution in [3.8, 4) is 11.5 Å². The predicted molar refractivity (Wildman–Crippen MR) is 114 cm³/mol. The van der Waals surface area contributed by atoms with E-state index in [2.05, 4.69) is 30.9 Å². The van der Waals surface area contributed by atoms with Crippen LogP contribution in [0.2, 0.25) is 0 Å². The molecule has 1 unspecified atom stereocenters. The van der Waals surface area contributed by atoms with E-state index >= 15 is 0 Å². The Kier molecular flexibility index (Phi) is 4.54. The minimum atomic E-state index is -0.579. The van der Waals surface area contributed by atoms with Crippen molar-refractivity contribution in [2.24, 2.45) is 0 Å². The van der Waals surface area contributed by atoms with Gasteiger partial charge in [-0.05, 0) is 43.2 Å². The van der Waals surface area contributed by atoms with Gasteiger partial charge in [0, 0.05) is 26.2 Å². The number of carbonyl (C=O) groups is 1. The van der Waals surface area contributed by atoms with Crippen LogP contribution in [-0.4, -0.2) is 54.7 Å². The maximum Gasteiger partial charge on any atom is 0.267 e. The second-order valence-electron chi connectivity index (χ2n) is 7.60. The lowest BCUT2D eigenvalue weighted by molar-refractivity contribution is -0.141. The lowest BCUT2D eigenvalue weighted by Gasteiger charge is -2.37. The first kappa shape index (κ1) is 18.2. The Morgan fingerprint density at radius 2 is 1.86 bits per heavy atom. The van der Waals surface area contributed by atoms with E-state index in [1.165, 1.54) is 15.8 Å². The molecule has 2 aliphatic heterocycles. The molecule has 0 saturated carbocycles. The van der Waals surface area contributed by atoms with Crippen LogP contribution in [0.3, 0.4) is 0 Å². The zero-order valence-electron chi connectivity index (χ0n) is 16.6. The van der Waals surface area contributed by atoms with Crippen molar-refractivity contribution in [1.29, 1.82) is 0 Å². The highest BCUT2D eigenvalue weighted by Crippen LogP contribution is 2.33. The summed E-state index contributed by atoms with van der Waals surface area (Å²) in [6, 6.07) is 11.8. The van der Waals surface area contributed by atoms with Crippen LogP contribution in [0.4, 0.5) is 5.13 Å². The number of benzene rings is 2. The Morgan fingerprint density at radius 3 is 2.66 bits per heavy atom. The number of fused-ring (bicyclic) bond motifs is 2. The highest BCUT2D eigenvalue weighted by Gasteiger charge is 2.33. The second-order valence-corrected chi connectivity index (χ2v) is 8.58. The van der Waals surface area contributed by atoms with E-state index in [0.717, 1.165) is 23.7 Å². The van der Waals surface area contributed by atoms with Crippen LogP contribution in [0, 0.1) is 13.8 Å². The fourth-order valence-electron chi connectivity index (χ4n) is 3.96. The van der Waals surface area contributed by atoms with Gasteiger partial charge in [-0.3, -0.25) is 4.79 Å². The Bertz CT molecular complexity index is 1070. The highest BCUT2D eigenvalue weighted by atomic mass is 32.1. The van der Waals surface area contributed by atoms with Crippen molar-refractivity contribution >= 4 is 32.6 Å². The van der Waals surface area contributed by atoms with E-state index in [9.17, 15) is 4.79 Å². The lowest BCUT2D eigenvalue weighted by Crippen LogP contribution is -2.54. The van der Waals surface area contributed by atoms with Crippen LogP contribution in [0.5, 0.6) is 11.5 Å². The van der Waals surface area contributed by atoms with E-state index in [0.29, 0.717) is 24.6 Å². The molecule has 6 nitrogen and oxygen atoms in total. The standard InChI is InChI=1S/C22H23N3O3S/c1-14-11-15(2)20-16(12-14)23-22(29-20)25-9-7-24(8-10-25)21(26)19-13-27-17-5-3-4-6-18(17)28-19/h3-6,11-12,19H,7-10,13H2,1-2H3. The fraction of sp³-hybridized carbons (Fsp3) is 0.364. The number of ether oxygens (including phenoxy) is 2. The first-order chi connectivity index (χ1) is 14.1. The summed E-state index contributed by atoms with van der Waals surface area (Å²) in [5, 5.41) is 1.03. The van der Waals surface area contributed by atoms with E-state index < -0.39 is 6.10 Å². The van der Waals surface area contributed by atoms with Gasteiger partial charge >= 0.3 is 0 Å². The van der Waals surface area contributed by atoms with E-state index in [-0.39, 0.29) is 12.5 Å². The van der Waals surface area contributed by atoms with Gasteiger partial charge in [0.25, 0.3) is 5.91 Å². The molecule has 150 valence electrons. The van der Waals surface area contributed by atoms with Crippen molar-refractivity contribution in [3.05, 3.63) is 47.5 Å². The van der Waals surface area contributed by atoms with Gasteiger partial charge in [-0.2, -0.15) is 0 Å². The third-order valence-electron chi connectivity index (χ3n) is 5.45. The number of amides is 1. The number of para-hydroxylation sites is 2. The van der Waals surface area contributed by atoms with Crippen LogP contribution in [0.25, 0.3) is 10.2 Å². The van der Waals surface area contributed by atoms with Gasteiger partial charge in [-0.15, -0.1) is 0 Å². The van der Waals surface area contributed by atoms with Crippen LogP contribution in [0.15, 0.2) is 36.4 Å². The molecule has 0 aliphatic carbocycles. The smallest absolute Gasteiger partial charge is 0.267 e. The van der Waals surface area contributed by atoms with E-state index in [4.69, 9.17) is 14.5 Å². The first-order valence-electron chi connectivity index (χ1n) is 9.88. The molecule has 0 bridgehead atoms. The molecule has 1 amide bonds. The SMILES string of the molecule is Cc1cc(C)c2sc(N3CCN(C(=O)C4COc5ccccc5O4)CC3)nc2c1. The Balaban J connectivity index is 1.25. The summed E-state index contributed by atoms with van der Waals surface area (Å²) in [5.74, 6) is 1.33. The normalized spacial score (nSPS) is 18.9. The molecule has 1 fully saturated rings. The number of nitrogens with zero attached hydrogens (tertiary/aromatic N) is 3. The predicted octanol–water partition coefficient (Wildman–Crippen LogP) is 3.40. The molecule has 7 heteroatoms. The number of rotatable bonds is 2. The van der Waals surface area contributed by atoms with Crippen molar-refractivity contribution in [2.45, 2.75) is 20.0 Å². The summed E-state index contributed by atoms with van der Waals surface area (Å²) >= 11 is 1.74. The minimum Gasteiger partial charge on any atom is -0.485 e. The minimum absolute atomic E-state index is 0.00470. The molecule has 1 atom stereocenters. The van der Waals surface area contributed by atoms with Crippen LogP contribution < -0.4 is 14.4 Å². The van der Waals surface area contributed by atoms with Gasteiger partial charge < -0.3 is 19.3 Å². The quantitative estimate of drug-likeness (QED) is 0.649. The highest BCUT2D eigenvalue weighted by molar-refractivity contribution is 7.22. The summed E-state index contributed by atoms with van der Waals surface area (Å²) in [7, 11) is 0. The summed E-state index contributed by atoms with van der Waals surface area (Å²) in [5.41, 5.74) is 3.57. The van der Waals surface area contributed by atoms with Gasteiger partial charge in [0.1, 0.15) is 6.61 Å². The number of aryl methyl sites for hydroxylation is 2. The molecule has 1 aromatic heterocycles. The maximum absolute atomic E-state index is 12.9. The molecule has 5 rings (SSSR count). The molecule has 0 spiro atoms. The molecule has 3 heterocycles. The molecular formula is C22H23N3O3S. The zero-order chi connectivity index (χ0) is 20.0. The molecular weight excluding hydrogens is 386 g/mol. The first-order valence-corrected chi connectivity index (χ1v) is 10.7. The van der Waals surface area contributed by atoms with Gasteiger partial charge in [-0.25, -0.2) is 4.98 Å². The van der Waals surface area contributed by atoms with Crippen LogP contribution >= 0.6 is 11.3 Å². The molecule has 3 aromatic rings. The Labute approximate surface area is 173 Å².